The van der Waals surface area contributed by atoms with Crippen LogP contribution in [-0.2, 0) is 0 Å². The van der Waals surface area contributed by atoms with Crippen LogP contribution in [-0.4, -0.2) is 17.2 Å². The zero-order valence-corrected chi connectivity index (χ0v) is 9.81. The van der Waals surface area contributed by atoms with Crippen molar-refractivity contribution in [2.45, 2.75) is 25.2 Å². The quantitative estimate of drug-likeness (QED) is 0.878. The number of hydrogen-bond acceptors (Lipinski definition) is 4. The first-order chi connectivity index (χ1) is 8.36. The minimum Gasteiger partial charge on any atom is -0.388 e. The smallest absolute Gasteiger partial charge is 0.230 e. The highest BCUT2D eigenvalue weighted by Crippen LogP contribution is 2.36. The Bertz CT molecular complexity index is 517. The fraction of sp³-hybridized carbons (Fsp3) is 0.385. The van der Waals surface area contributed by atoms with Gasteiger partial charge in [-0.25, -0.2) is 0 Å². The summed E-state index contributed by atoms with van der Waals surface area (Å²) in [7, 11) is 1.90. The van der Waals surface area contributed by atoms with Crippen molar-refractivity contribution in [3.05, 3.63) is 30.2 Å². The highest BCUT2D eigenvalue weighted by molar-refractivity contribution is 5.61. The second-order valence-corrected chi connectivity index (χ2v) is 4.41. The molecule has 0 unspecified atom stereocenters. The lowest BCUT2D eigenvalue weighted by atomic mass is 9.85. The second-order valence-electron chi connectivity index (χ2n) is 4.41. The van der Waals surface area contributed by atoms with Crippen LogP contribution in [0.25, 0.3) is 11.4 Å². The van der Waals surface area contributed by atoms with Gasteiger partial charge >= 0.3 is 0 Å². The van der Waals surface area contributed by atoms with E-state index in [4.69, 9.17) is 4.52 Å². The summed E-state index contributed by atoms with van der Waals surface area (Å²) in [6.07, 6.45) is 3.63. The van der Waals surface area contributed by atoms with Crippen LogP contribution in [0.3, 0.4) is 0 Å². The molecule has 1 aromatic carbocycles. The Balaban J connectivity index is 1.89. The molecule has 1 saturated carbocycles. The lowest BCUT2D eigenvalue weighted by molar-refractivity contribution is 0.292. The maximum Gasteiger partial charge on any atom is 0.230 e. The molecule has 1 aromatic heterocycles. The molecule has 88 valence electrons. The minimum atomic E-state index is 0.490. The number of rotatable bonds is 3. The van der Waals surface area contributed by atoms with Crippen LogP contribution in [0.5, 0.6) is 0 Å². The van der Waals surface area contributed by atoms with E-state index in [1.807, 2.05) is 31.3 Å². The molecule has 17 heavy (non-hydrogen) atoms. The van der Waals surface area contributed by atoms with Crippen LogP contribution in [0.4, 0.5) is 5.69 Å². The summed E-state index contributed by atoms with van der Waals surface area (Å²) in [5.74, 6) is 1.97. The van der Waals surface area contributed by atoms with Gasteiger partial charge in [-0.2, -0.15) is 4.98 Å². The topological polar surface area (TPSA) is 51.0 Å². The lowest BCUT2D eigenvalue weighted by Crippen LogP contribution is -2.08. The molecular formula is C13H15N3O. The molecule has 0 radical (unpaired) electrons. The van der Waals surface area contributed by atoms with Gasteiger partial charge in [0.1, 0.15) is 0 Å². The molecule has 1 aliphatic rings. The monoisotopic (exact) mass is 229 g/mol. The highest BCUT2D eigenvalue weighted by atomic mass is 16.5. The van der Waals surface area contributed by atoms with Crippen molar-refractivity contribution >= 4 is 5.69 Å². The predicted octanol–water partition coefficient (Wildman–Crippen LogP) is 3.05. The van der Waals surface area contributed by atoms with Crippen molar-refractivity contribution < 1.29 is 4.52 Å². The summed E-state index contributed by atoms with van der Waals surface area (Å²) in [4.78, 5) is 4.47. The van der Waals surface area contributed by atoms with Gasteiger partial charge in [0.05, 0.1) is 0 Å². The van der Waals surface area contributed by atoms with E-state index in [9.17, 15) is 0 Å². The molecule has 0 saturated heterocycles. The van der Waals surface area contributed by atoms with Crippen LogP contribution in [0.15, 0.2) is 28.8 Å². The van der Waals surface area contributed by atoms with Crippen LogP contribution in [0, 0.1) is 0 Å². The van der Waals surface area contributed by atoms with E-state index in [-0.39, 0.29) is 0 Å². The summed E-state index contributed by atoms with van der Waals surface area (Å²) in [6.45, 7) is 0. The Morgan fingerprint density at radius 2 is 2.24 bits per heavy atom. The highest BCUT2D eigenvalue weighted by Gasteiger charge is 2.25. The molecule has 3 rings (SSSR count). The Morgan fingerprint density at radius 3 is 2.94 bits per heavy atom. The molecule has 0 aliphatic heterocycles. The van der Waals surface area contributed by atoms with E-state index in [0.717, 1.165) is 17.1 Å². The molecule has 1 N–H and O–H groups in total. The molecule has 0 bridgehead atoms. The van der Waals surface area contributed by atoms with Gasteiger partial charge in [0.25, 0.3) is 0 Å². The zero-order valence-electron chi connectivity index (χ0n) is 9.81. The average molecular weight is 229 g/mol. The number of nitrogens with one attached hydrogen (secondary N) is 1. The maximum absolute atomic E-state index is 5.31. The average Bonchev–Trinajstić information content (AvgIpc) is 2.76. The van der Waals surface area contributed by atoms with Crippen molar-refractivity contribution in [2.75, 3.05) is 12.4 Å². The number of anilines is 1. The largest absolute Gasteiger partial charge is 0.388 e. The Morgan fingerprint density at radius 1 is 1.35 bits per heavy atom. The summed E-state index contributed by atoms with van der Waals surface area (Å²) < 4.78 is 5.31. The molecule has 0 amide bonds. The van der Waals surface area contributed by atoms with E-state index in [0.29, 0.717) is 11.7 Å². The fourth-order valence-corrected chi connectivity index (χ4v) is 1.99. The molecular weight excluding hydrogens is 214 g/mol. The fourth-order valence-electron chi connectivity index (χ4n) is 1.99. The normalized spacial score (nSPS) is 15.6. The van der Waals surface area contributed by atoms with Crippen molar-refractivity contribution in [2.24, 2.45) is 0 Å². The third-order valence-electron chi connectivity index (χ3n) is 3.31. The predicted molar refractivity (Wildman–Crippen MR) is 65.9 cm³/mol. The van der Waals surface area contributed by atoms with E-state index in [1.165, 1.54) is 19.3 Å². The Hall–Kier alpha value is -1.84. The molecule has 1 fully saturated rings. The third-order valence-corrected chi connectivity index (χ3v) is 3.31. The van der Waals surface area contributed by atoms with Gasteiger partial charge in [0, 0.05) is 24.2 Å². The number of hydrogen-bond donors (Lipinski definition) is 1. The van der Waals surface area contributed by atoms with E-state index < -0.39 is 0 Å². The van der Waals surface area contributed by atoms with Crippen LogP contribution < -0.4 is 5.32 Å². The molecule has 4 nitrogen and oxygen atoms in total. The second kappa shape index (κ2) is 4.20. The molecule has 1 heterocycles. The number of benzene rings is 1. The SMILES string of the molecule is CNc1cccc(-c2noc(C3CCC3)n2)c1. The third kappa shape index (κ3) is 1.90. The van der Waals surface area contributed by atoms with Gasteiger partial charge in [0.15, 0.2) is 0 Å². The molecule has 1 aliphatic carbocycles. The van der Waals surface area contributed by atoms with Crippen molar-refractivity contribution in [1.29, 1.82) is 0 Å². The van der Waals surface area contributed by atoms with E-state index in [1.54, 1.807) is 0 Å². The molecule has 0 atom stereocenters. The molecule has 4 heteroatoms. The van der Waals surface area contributed by atoms with Gasteiger partial charge < -0.3 is 9.84 Å². The van der Waals surface area contributed by atoms with Crippen molar-refractivity contribution in [1.82, 2.24) is 10.1 Å². The van der Waals surface area contributed by atoms with Gasteiger partial charge in [-0.05, 0) is 25.0 Å². The summed E-state index contributed by atoms with van der Waals surface area (Å²) >= 11 is 0. The van der Waals surface area contributed by atoms with E-state index >= 15 is 0 Å². The molecule has 0 spiro atoms. The van der Waals surface area contributed by atoms with E-state index in [2.05, 4.69) is 15.5 Å². The number of aromatic nitrogens is 2. The van der Waals surface area contributed by atoms with Crippen LogP contribution >= 0.6 is 0 Å². The maximum atomic E-state index is 5.31. The zero-order chi connectivity index (χ0) is 11.7. The van der Waals surface area contributed by atoms with Crippen LogP contribution in [0.2, 0.25) is 0 Å². The summed E-state index contributed by atoms with van der Waals surface area (Å²) in [5.41, 5.74) is 2.05. The number of nitrogens with zero attached hydrogens (tertiary/aromatic N) is 2. The van der Waals surface area contributed by atoms with Gasteiger partial charge in [0.2, 0.25) is 11.7 Å². The first kappa shape index (κ1) is 10.3. The summed E-state index contributed by atoms with van der Waals surface area (Å²) in [6, 6.07) is 8.02. The first-order valence-electron chi connectivity index (χ1n) is 5.98. The van der Waals surface area contributed by atoms with Gasteiger partial charge in [-0.1, -0.05) is 23.7 Å². The van der Waals surface area contributed by atoms with Crippen LogP contribution in [0.1, 0.15) is 31.1 Å². The molecule has 2 aromatic rings. The Labute approximate surface area is 100 Å². The van der Waals surface area contributed by atoms with Gasteiger partial charge in [-0.3, -0.25) is 0 Å². The standard InChI is InChI=1S/C13H15N3O/c1-14-11-7-3-6-10(8-11)12-15-13(17-16-12)9-4-2-5-9/h3,6-9,14H,2,4-5H2,1H3. The van der Waals surface area contributed by atoms with Crippen molar-refractivity contribution in [3.63, 3.8) is 0 Å². The lowest BCUT2D eigenvalue weighted by Gasteiger charge is -2.20. The van der Waals surface area contributed by atoms with Crippen molar-refractivity contribution in [3.8, 4) is 11.4 Å². The first-order valence-corrected chi connectivity index (χ1v) is 5.98. The van der Waals surface area contributed by atoms with Gasteiger partial charge in [-0.15, -0.1) is 0 Å². The Kier molecular flexibility index (Phi) is 2.55. The summed E-state index contributed by atoms with van der Waals surface area (Å²) in [5, 5.41) is 7.15. The minimum absolute atomic E-state index is 0.490.